The van der Waals surface area contributed by atoms with E-state index in [-0.39, 0.29) is 5.91 Å². The van der Waals surface area contributed by atoms with Crippen LogP contribution in [0.3, 0.4) is 0 Å². The lowest BCUT2D eigenvalue weighted by atomic mass is 10.2. The average Bonchev–Trinajstić information content (AvgIpc) is 2.48. The average molecular weight is 280 g/mol. The first kappa shape index (κ1) is 14.1. The summed E-state index contributed by atoms with van der Waals surface area (Å²) in [5.74, 6) is 2.35. The third-order valence-corrected chi connectivity index (χ3v) is 4.09. The lowest BCUT2D eigenvalue weighted by molar-refractivity contribution is 0.0949. The van der Waals surface area contributed by atoms with E-state index in [1.807, 2.05) is 11.8 Å². The van der Waals surface area contributed by atoms with Crippen LogP contribution in [-0.4, -0.2) is 60.5 Å². The number of anilines is 1. The Morgan fingerprint density at radius 2 is 2.26 bits per heavy atom. The quantitative estimate of drug-likeness (QED) is 0.839. The Balaban J connectivity index is 1.80. The predicted molar refractivity (Wildman–Crippen MR) is 79.9 cm³/mol. The first-order chi connectivity index (χ1) is 9.31. The molecule has 2 heterocycles. The molecule has 19 heavy (non-hydrogen) atoms. The molecule has 0 atom stereocenters. The van der Waals surface area contributed by atoms with Gasteiger partial charge in [0.1, 0.15) is 0 Å². The number of rotatable bonds is 5. The molecule has 0 unspecified atom stereocenters. The molecule has 1 amide bonds. The normalized spacial score (nSPS) is 16.1. The summed E-state index contributed by atoms with van der Waals surface area (Å²) in [7, 11) is 1.79. The van der Waals surface area contributed by atoms with Gasteiger partial charge in [-0.15, -0.1) is 0 Å². The smallest absolute Gasteiger partial charge is 0.253 e. The van der Waals surface area contributed by atoms with E-state index >= 15 is 0 Å². The number of aromatic nitrogens is 1. The standard InChI is InChI=1S/C13H20N4OS/c1-14-12-10-15-3-2-11(12)13(18)16-4-5-17-6-8-19-9-7-17/h2-3,10,14H,4-9H2,1H3,(H,16,18). The van der Waals surface area contributed by atoms with Crippen LogP contribution in [0.25, 0.3) is 0 Å². The predicted octanol–water partition coefficient (Wildman–Crippen LogP) is 0.902. The number of carbonyl (C=O) groups is 1. The maximum atomic E-state index is 12.1. The first-order valence-electron chi connectivity index (χ1n) is 6.51. The molecule has 6 heteroatoms. The molecule has 0 saturated carbocycles. The summed E-state index contributed by atoms with van der Waals surface area (Å²) in [6.45, 7) is 3.86. The SMILES string of the molecule is CNc1cnccc1C(=O)NCCN1CCSCC1. The van der Waals surface area contributed by atoms with Gasteiger partial charge in [-0.3, -0.25) is 14.7 Å². The molecule has 0 aromatic carbocycles. The molecule has 2 rings (SSSR count). The van der Waals surface area contributed by atoms with E-state index in [2.05, 4.69) is 20.5 Å². The minimum absolute atomic E-state index is 0.0434. The minimum atomic E-state index is -0.0434. The van der Waals surface area contributed by atoms with Gasteiger partial charge in [-0.25, -0.2) is 0 Å². The molecular formula is C13H20N4OS. The fraction of sp³-hybridized carbons (Fsp3) is 0.538. The molecule has 5 nitrogen and oxygen atoms in total. The van der Waals surface area contributed by atoms with Crippen molar-refractivity contribution in [3.8, 4) is 0 Å². The zero-order valence-corrected chi connectivity index (χ0v) is 12.0. The van der Waals surface area contributed by atoms with Crippen LogP contribution < -0.4 is 10.6 Å². The van der Waals surface area contributed by atoms with Gasteiger partial charge in [0.2, 0.25) is 0 Å². The van der Waals surface area contributed by atoms with Gasteiger partial charge in [0.25, 0.3) is 5.91 Å². The molecule has 1 saturated heterocycles. The van der Waals surface area contributed by atoms with Crippen molar-refractivity contribution >= 4 is 23.4 Å². The van der Waals surface area contributed by atoms with Crippen LogP contribution in [-0.2, 0) is 0 Å². The summed E-state index contributed by atoms with van der Waals surface area (Å²) in [5.41, 5.74) is 1.40. The second-order valence-corrected chi connectivity index (χ2v) is 5.61. The van der Waals surface area contributed by atoms with Crippen molar-refractivity contribution in [3.63, 3.8) is 0 Å². The van der Waals surface area contributed by atoms with E-state index in [1.165, 1.54) is 11.5 Å². The summed E-state index contributed by atoms with van der Waals surface area (Å²) in [6, 6.07) is 1.73. The van der Waals surface area contributed by atoms with E-state index in [4.69, 9.17) is 0 Å². The van der Waals surface area contributed by atoms with Gasteiger partial charge in [0.15, 0.2) is 0 Å². The number of carbonyl (C=O) groups excluding carboxylic acids is 1. The Morgan fingerprint density at radius 1 is 1.47 bits per heavy atom. The van der Waals surface area contributed by atoms with Gasteiger partial charge < -0.3 is 10.6 Å². The van der Waals surface area contributed by atoms with E-state index in [9.17, 15) is 4.79 Å². The summed E-state index contributed by atoms with van der Waals surface area (Å²) in [4.78, 5) is 18.5. The highest BCUT2D eigenvalue weighted by Crippen LogP contribution is 2.12. The van der Waals surface area contributed by atoms with E-state index in [0.717, 1.165) is 25.3 Å². The lowest BCUT2D eigenvalue weighted by Gasteiger charge is -2.26. The molecule has 104 valence electrons. The molecule has 1 aromatic heterocycles. The maximum absolute atomic E-state index is 12.1. The largest absolute Gasteiger partial charge is 0.386 e. The van der Waals surface area contributed by atoms with Crippen LogP contribution in [0.4, 0.5) is 5.69 Å². The van der Waals surface area contributed by atoms with Gasteiger partial charge in [-0.1, -0.05) is 0 Å². The number of amides is 1. The fourth-order valence-corrected chi connectivity index (χ4v) is 3.02. The van der Waals surface area contributed by atoms with Gasteiger partial charge >= 0.3 is 0 Å². The highest BCUT2D eigenvalue weighted by molar-refractivity contribution is 7.99. The highest BCUT2D eigenvalue weighted by atomic mass is 32.2. The van der Waals surface area contributed by atoms with Crippen molar-refractivity contribution in [1.82, 2.24) is 15.2 Å². The van der Waals surface area contributed by atoms with Gasteiger partial charge in [0, 0.05) is 50.9 Å². The van der Waals surface area contributed by atoms with Gasteiger partial charge in [-0.2, -0.15) is 11.8 Å². The number of hydrogen-bond acceptors (Lipinski definition) is 5. The van der Waals surface area contributed by atoms with Crippen molar-refractivity contribution in [2.75, 3.05) is 50.0 Å². The van der Waals surface area contributed by atoms with Crippen molar-refractivity contribution in [2.24, 2.45) is 0 Å². The minimum Gasteiger partial charge on any atom is -0.386 e. The number of hydrogen-bond donors (Lipinski definition) is 2. The van der Waals surface area contributed by atoms with E-state index in [0.29, 0.717) is 12.1 Å². The monoisotopic (exact) mass is 280 g/mol. The number of pyridine rings is 1. The van der Waals surface area contributed by atoms with Crippen LogP contribution in [0.1, 0.15) is 10.4 Å². The third kappa shape index (κ3) is 4.11. The topological polar surface area (TPSA) is 57.3 Å². The Labute approximate surface area is 118 Å². The Morgan fingerprint density at radius 3 is 3.00 bits per heavy atom. The highest BCUT2D eigenvalue weighted by Gasteiger charge is 2.12. The summed E-state index contributed by atoms with van der Waals surface area (Å²) < 4.78 is 0. The van der Waals surface area contributed by atoms with E-state index < -0.39 is 0 Å². The molecule has 2 N–H and O–H groups in total. The first-order valence-corrected chi connectivity index (χ1v) is 7.67. The van der Waals surface area contributed by atoms with Crippen molar-refractivity contribution in [1.29, 1.82) is 0 Å². The lowest BCUT2D eigenvalue weighted by Crippen LogP contribution is -2.39. The molecule has 0 radical (unpaired) electrons. The summed E-state index contributed by atoms with van der Waals surface area (Å²) >= 11 is 2.00. The van der Waals surface area contributed by atoms with Gasteiger partial charge in [0.05, 0.1) is 17.4 Å². The number of nitrogens with one attached hydrogen (secondary N) is 2. The fourth-order valence-electron chi connectivity index (χ4n) is 2.04. The van der Waals surface area contributed by atoms with Crippen LogP contribution in [0, 0.1) is 0 Å². The summed E-state index contributed by atoms with van der Waals surface area (Å²) in [6.07, 6.45) is 3.30. The molecule has 1 aromatic rings. The van der Waals surface area contributed by atoms with Gasteiger partial charge in [-0.05, 0) is 6.07 Å². The van der Waals surface area contributed by atoms with E-state index in [1.54, 1.807) is 25.5 Å². The molecule has 1 aliphatic rings. The van der Waals surface area contributed by atoms with Crippen LogP contribution in [0.2, 0.25) is 0 Å². The molecule has 1 fully saturated rings. The van der Waals surface area contributed by atoms with Crippen LogP contribution in [0.5, 0.6) is 0 Å². The van der Waals surface area contributed by atoms with Crippen LogP contribution in [0.15, 0.2) is 18.5 Å². The zero-order valence-electron chi connectivity index (χ0n) is 11.2. The molecule has 0 aliphatic carbocycles. The number of nitrogens with zero attached hydrogens (tertiary/aromatic N) is 2. The van der Waals surface area contributed by atoms with Crippen molar-refractivity contribution in [2.45, 2.75) is 0 Å². The third-order valence-electron chi connectivity index (χ3n) is 3.15. The van der Waals surface area contributed by atoms with Crippen molar-refractivity contribution < 1.29 is 4.79 Å². The Bertz CT molecular complexity index is 421. The molecule has 1 aliphatic heterocycles. The maximum Gasteiger partial charge on any atom is 0.253 e. The zero-order chi connectivity index (χ0) is 13.5. The van der Waals surface area contributed by atoms with Crippen molar-refractivity contribution in [3.05, 3.63) is 24.0 Å². The Hall–Kier alpha value is -1.27. The Kier molecular flexibility index (Phi) is 5.47. The molecular weight excluding hydrogens is 260 g/mol. The van der Waals surface area contributed by atoms with Crippen LogP contribution >= 0.6 is 11.8 Å². The number of thioether (sulfide) groups is 1. The molecule has 0 bridgehead atoms. The summed E-state index contributed by atoms with van der Waals surface area (Å²) in [5, 5.41) is 5.95. The molecule has 0 spiro atoms. The second-order valence-electron chi connectivity index (χ2n) is 4.38. The second kappa shape index (κ2) is 7.35.